The topological polar surface area (TPSA) is 46.2 Å². The number of carbonyl (C=O) groups is 2. The van der Waals surface area contributed by atoms with Crippen LogP contribution >= 0.6 is 11.6 Å². The average molecular weight is 266 g/mol. The molecule has 0 fully saturated rings. The number of aryl methyl sites for hydroxylation is 1. The molecule has 2 rings (SSSR count). The summed E-state index contributed by atoms with van der Waals surface area (Å²) in [7, 11) is 0. The molecule has 96 valence electrons. The minimum absolute atomic E-state index is 0.0330. The molecule has 1 amide bonds. The van der Waals surface area contributed by atoms with Crippen molar-refractivity contribution in [2.75, 3.05) is 5.32 Å². The number of nitrogens with one attached hydrogen (secondary N) is 1. The Hall–Kier alpha value is -1.35. The number of carbonyl (C=O) groups excluding carboxylic acids is 2. The number of ketones is 1. The monoisotopic (exact) mass is 265 g/mol. The Morgan fingerprint density at radius 3 is 2.72 bits per heavy atom. The van der Waals surface area contributed by atoms with Crippen molar-refractivity contribution in [3.05, 3.63) is 28.8 Å². The zero-order chi connectivity index (χ0) is 13.4. The SMILES string of the molecule is CCC1C(=O)Nc2c(C(=O)C(C)Cl)cc(C)cc21. The van der Waals surface area contributed by atoms with Crippen molar-refractivity contribution in [1.82, 2.24) is 0 Å². The molecule has 2 atom stereocenters. The van der Waals surface area contributed by atoms with Gasteiger partial charge in [-0.25, -0.2) is 0 Å². The zero-order valence-corrected chi connectivity index (χ0v) is 11.5. The van der Waals surface area contributed by atoms with Crippen LogP contribution in [-0.4, -0.2) is 17.1 Å². The molecule has 2 unspecified atom stereocenters. The lowest BCUT2D eigenvalue weighted by molar-refractivity contribution is -0.117. The maximum atomic E-state index is 12.1. The number of hydrogen-bond acceptors (Lipinski definition) is 2. The van der Waals surface area contributed by atoms with Gasteiger partial charge in [-0.05, 0) is 37.5 Å². The van der Waals surface area contributed by atoms with Crippen LogP contribution in [-0.2, 0) is 4.79 Å². The van der Waals surface area contributed by atoms with Gasteiger partial charge in [0, 0.05) is 5.56 Å². The van der Waals surface area contributed by atoms with Crippen LogP contribution < -0.4 is 5.32 Å². The van der Waals surface area contributed by atoms with Gasteiger partial charge in [0.25, 0.3) is 0 Å². The van der Waals surface area contributed by atoms with E-state index in [2.05, 4.69) is 5.32 Å². The van der Waals surface area contributed by atoms with E-state index < -0.39 is 5.38 Å². The molecular weight excluding hydrogens is 250 g/mol. The molecule has 4 heteroatoms. The standard InChI is InChI=1S/C14H16ClNO2/c1-4-9-10-5-7(2)6-11(13(17)8(3)15)12(10)16-14(9)18/h5-6,8-9H,4H2,1-3H3,(H,16,18). The van der Waals surface area contributed by atoms with Crippen molar-refractivity contribution in [3.63, 3.8) is 0 Å². The van der Waals surface area contributed by atoms with Crippen molar-refractivity contribution in [2.24, 2.45) is 0 Å². The van der Waals surface area contributed by atoms with Crippen molar-refractivity contribution in [1.29, 1.82) is 0 Å². The first-order valence-corrected chi connectivity index (χ1v) is 6.53. The first kappa shape index (κ1) is 13.1. The van der Waals surface area contributed by atoms with E-state index >= 15 is 0 Å². The highest BCUT2D eigenvalue weighted by molar-refractivity contribution is 6.34. The third-order valence-corrected chi connectivity index (χ3v) is 3.49. The molecule has 0 bridgehead atoms. The number of amides is 1. The minimum atomic E-state index is -0.589. The van der Waals surface area contributed by atoms with Gasteiger partial charge in [0.15, 0.2) is 5.78 Å². The number of benzene rings is 1. The summed E-state index contributed by atoms with van der Waals surface area (Å²) >= 11 is 5.86. The molecule has 0 spiro atoms. The lowest BCUT2D eigenvalue weighted by atomic mass is 9.93. The van der Waals surface area contributed by atoms with Gasteiger partial charge in [-0.3, -0.25) is 9.59 Å². The van der Waals surface area contributed by atoms with Crippen molar-refractivity contribution >= 4 is 29.0 Å². The van der Waals surface area contributed by atoms with Crippen LogP contribution in [0.25, 0.3) is 0 Å². The number of rotatable bonds is 3. The van der Waals surface area contributed by atoms with E-state index in [0.29, 0.717) is 11.3 Å². The van der Waals surface area contributed by atoms with Crippen LogP contribution in [0.15, 0.2) is 12.1 Å². The molecule has 0 aromatic heterocycles. The van der Waals surface area contributed by atoms with E-state index in [1.54, 1.807) is 13.0 Å². The molecule has 1 aliphatic heterocycles. The zero-order valence-electron chi connectivity index (χ0n) is 10.7. The second-order valence-corrected chi connectivity index (χ2v) is 5.36. The molecule has 0 aliphatic carbocycles. The number of Topliss-reactive ketones (excluding diaryl/α,β-unsaturated/α-hetero) is 1. The number of halogens is 1. The summed E-state index contributed by atoms with van der Waals surface area (Å²) in [5.41, 5.74) is 3.07. The number of alkyl halides is 1. The Bertz CT molecular complexity index is 523. The Morgan fingerprint density at radius 2 is 2.17 bits per heavy atom. The highest BCUT2D eigenvalue weighted by Gasteiger charge is 2.33. The summed E-state index contributed by atoms with van der Waals surface area (Å²) in [6.45, 7) is 5.53. The maximum Gasteiger partial charge on any atom is 0.232 e. The summed E-state index contributed by atoms with van der Waals surface area (Å²) < 4.78 is 0. The third-order valence-electron chi connectivity index (χ3n) is 3.29. The van der Waals surface area contributed by atoms with Gasteiger partial charge in [-0.1, -0.05) is 13.0 Å². The van der Waals surface area contributed by atoms with Gasteiger partial charge in [0.2, 0.25) is 5.91 Å². The molecule has 1 N–H and O–H groups in total. The smallest absolute Gasteiger partial charge is 0.232 e. The summed E-state index contributed by atoms with van der Waals surface area (Å²) in [5.74, 6) is -0.333. The van der Waals surface area contributed by atoms with Crippen molar-refractivity contribution in [2.45, 2.75) is 38.5 Å². The Labute approximate surface area is 112 Å². The fourth-order valence-electron chi connectivity index (χ4n) is 2.39. The number of fused-ring (bicyclic) bond motifs is 1. The summed E-state index contributed by atoms with van der Waals surface area (Å²) in [6, 6.07) is 3.76. The third kappa shape index (κ3) is 2.03. The van der Waals surface area contributed by atoms with Gasteiger partial charge in [-0.2, -0.15) is 0 Å². The highest BCUT2D eigenvalue weighted by Crippen LogP contribution is 2.38. The van der Waals surface area contributed by atoms with E-state index in [-0.39, 0.29) is 17.6 Å². The summed E-state index contributed by atoms with van der Waals surface area (Å²) in [5, 5.41) is 2.22. The Morgan fingerprint density at radius 1 is 1.50 bits per heavy atom. The van der Waals surface area contributed by atoms with Gasteiger partial charge in [0.1, 0.15) is 0 Å². The normalized spacial score (nSPS) is 19.3. The second-order valence-electron chi connectivity index (χ2n) is 4.71. The first-order chi connectivity index (χ1) is 8.45. The van der Waals surface area contributed by atoms with E-state index in [1.165, 1.54) is 0 Å². The lowest BCUT2D eigenvalue weighted by Gasteiger charge is -2.11. The molecule has 0 radical (unpaired) electrons. The van der Waals surface area contributed by atoms with E-state index in [4.69, 9.17) is 11.6 Å². The van der Waals surface area contributed by atoms with Crippen LogP contribution in [0.1, 0.15) is 47.7 Å². The van der Waals surface area contributed by atoms with E-state index in [0.717, 1.165) is 17.5 Å². The van der Waals surface area contributed by atoms with Crippen LogP contribution in [0, 0.1) is 6.92 Å². The lowest BCUT2D eigenvalue weighted by Crippen LogP contribution is -2.14. The molecular formula is C14H16ClNO2. The average Bonchev–Trinajstić information content (AvgIpc) is 2.62. The fourth-order valence-corrected chi connectivity index (χ4v) is 2.51. The van der Waals surface area contributed by atoms with Crippen LogP contribution in [0.5, 0.6) is 0 Å². The summed E-state index contributed by atoms with van der Waals surface area (Å²) in [6.07, 6.45) is 0.729. The van der Waals surface area contributed by atoms with Gasteiger partial charge >= 0.3 is 0 Å². The molecule has 1 aliphatic rings. The molecule has 1 aromatic carbocycles. The molecule has 18 heavy (non-hydrogen) atoms. The van der Waals surface area contributed by atoms with Crippen molar-refractivity contribution < 1.29 is 9.59 Å². The van der Waals surface area contributed by atoms with E-state index in [1.807, 2.05) is 19.9 Å². The fraction of sp³-hybridized carbons (Fsp3) is 0.429. The van der Waals surface area contributed by atoms with Crippen LogP contribution in [0.3, 0.4) is 0 Å². The number of hydrogen-bond donors (Lipinski definition) is 1. The Kier molecular flexibility index (Phi) is 3.44. The van der Waals surface area contributed by atoms with Gasteiger partial charge in [0.05, 0.1) is 17.0 Å². The van der Waals surface area contributed by atoms with Crippen molar-refractivity contribution in [3.8, 4) is 0 Å². The molecule has 3 nitrogen and oxygen atoms in total. The maximum absolute atomic E-state index is 12.1. The Balaban J connectivity index is 2.59. The molecule has 0 saturated carbocycles. The molecule has 1 aromatic rings. The first-order valence-electron chi connectivity index (χ1n) is 6.09. The molecule has 1 heterocycles. The number of anilines is 1. The van der Waals surface area contributed by atoms with Crippen LogP contribution in [0.2, 0.25) is 0 Å². The predicted octanol–water partition coefficient (Wildman–Crippen LogP) is 3.25. The van der Waals surface area contributed by atoms with Gasteiger partial charge < -0.3 is 5.32 Å². The van der Waals surface area contributed by atoms with Crippen LogP contribution in [0.4, 0.5) is 5.69 Å². The largest absolute Gasteiger partial charge is 0.325 e. The predicted molar refractivity (Wildman–Crippen MR) is 72.5 cm³/mol. The van der Waals surface area contributed by atoms with E-state index in [9.17, 15) is 9.59 Å². The summed E-state index contributed by atoms with van der Waals surface area (Å²) in [4.78, 5) is 23.9. The minimum Gasteiger partial charge on any atom is -0.325 e. The second kappa shape index (κ2) is 4.73. The molecule has 0 saturated heterocycles. The van der Waals surface area contributed by atoms with Gasteiger partial charge in [-0.15, -0.1) is 11.6 Å². The highest BCUT2D eigenvalue weighted by atomic mass is 35.5. The quantitative estimate of drug-likeness (QED) is 0.674.